The summed E-state index contributed by atoms with van der Waals surface area (Å²) < 4.78 is 7.04. The summed E-state index contributed by atoms with van der Waals surface area (Å²) in [5.41, 5.74) is 2.75. The minimum atomic E-state index is -0.243. The Bertz CT molecular complexity index is 1290. The molecular formula is C24H24N4O3S2. The van der Waals surface area contributed by atoms with Gasteiger partial charge in [-0.25, -0.2) is 4.98 Å². The third-order valence-corrected chi connectivity index (χ3v) is 6.60. The Morgan fingerprint density at radius 3 is 2.73 bits per heavy atom. The number of amides is 1. The second-order valence-corrected chi connectivity index (χ2v) is 9.28. The number of rotatable bonds is 8. The molecule has 0 atom stereocenters. The topological polar surface area (TPSA) is 75.9 Å². The molecule has 7 nitrogen and oxygen atoms in total. The second kappa shape index (κ2) is 10.3. The summed E-state index contributed by atoms with van der Waals surface area (Å²) in [4.78, 5) is 32.9. The SMILES string of the molecule is COCCN1C(=O)/C(=C\c2c(NCCc3ccccc3)nc3ccc(C)cn3c2=O)SC1=S. The van der Waals surface area contributed by atoms with Gasteiger partial charge in [-0.1, -0.05) is 60.4 Å². The average molecular weight is 481 g/mol. The summed E-state index contributed by atoms with van der Waals surface area (Å²) in [6, 6.07) is 13.8. The van der Waals surface area contributed by atoms with Gasteiger partial charge >= 0.3 is 0 Å². The minimum absolute atomic E-state index is 0.231. The number of pyridine rings is 1. The van der Waals surface area contributed by atoms with E-state index in [4.69, 9.17) is 17.0 Å². The number of aryl methyl sites for hydroxylation is 1. The normalized spacial score (nSPS) is 15.1. The van der Waals surface area contributed by atoms with Crippen LogP contribution in [0.4, 0.5) is 5.82 Å². The number of carbonyl (C=O) groups is 1. The Labute approximate surface area is 201 Å². The highest BCUT2D eigenvalue weighted by Crippen LogP contribution is 2.32. The van der Waals surface area contributed by atoms with Crippen molar-refractivity contribution in [2.75, 3.05) is 32.1 Å². The van der Waals surface area contributed by atoms with Crippen molar-refractivity contribution < 1.29 is 9.53 Å². The van der Waals surface area contributed by atoms with Crippen molar-refractivity contribution in [3.63, 3.8) is 0 Å². The Hall–Kier alpha value is -3.01. The van der Waals surface area contributed by atoms with Crippen LogP contribution >= 0.6 is 24.0 Å². The van der Waals surface area contributed by atoms with Crippen LogP contribution in [0.15, 0.2) is 58.4 Å². The van der Waals surface area contributed by atoms with Crippen LogP contribution in [0.2, 0.25) is 0 Å². The lowest BCUT2D eigenvalue weighted by molar-refractivity contribution is -0.122. The molecule has 4 rings (SSSR count). The van der Waals surface area contributed by atoms with Gasteiger partial charge in [0.2, 0.25) is 0 Å². The van der Waals surface area contributed by atoms with Crippen LogP contribution in [-0.2, 0) is 16.0 Å². The summed E-state index contributed by atoms with van der Waals surface area (Å²) >= 11 is 6.55. The zero-order valence-corrected chi connectivity index (χ0v) is 20.0. The third-order valence-electron chi connectivity index (χ3n) is 5.22. The van der Waals surface area contributed by atoms with Crippen LogP contribution in [0.5, 0.6) is 0 Å². The van der Waals surface area contributed by atoms with Gasteiger partial charge in [0.15, 0.2) is 0 Å². The van der Waals surface area contributed by atoms with E-state index in [2.05, 4.69) is 22.4 Å². The number of benzene rings is 1. The molecule has 0 radical (unpaired) electrons. The number of anilines is 1. The first-order chi connectivity index (χ1) is 16.0. The molecule has 0 bridgehead atoms. The molecule has 1 saturated heterocycles. The fourth-order valence-electron chi connectivity index (χ4n) is 3.50. The Morgan fingerprint density at radius 2 is 1.97 bits per heavy atom. The quantitative estimate of drug-likeness (QED) is 0.391. The van der Waals surface area contributed by atoms with Crippen LogP contribution < -0.4 is 10.9 Å². The molecule has 3 aromatic rings. The van der Waals surface area contributed by atoms with Gasteiger partial charge in [-0.2, -0.15) is 0 Å². The van der Waals surface area contributed by atoms with Gasteiger partial charge < -0.3 is 10.1 Å². The molecule has 1 aromatic carbocycles. The van der Waals surface area contributed by atoms with E-state index in [-0.39, 0.29) is 11.5 Å². The fourth-order valence-corrected chi connectivity index (χ4v) is 4.79. The number of carbonyl (C=O) groups excluding carboxylic acids is 1. The number of ether oxygens (including phenoxy) is 1. The lowest BCUT2D eigenvalue weighted by atomic mass is 10.1. The minimum Gasteiger partial charge on any atom is -0.383 e. The van der Waals surface area contributed by atoms with E-state index in [9.17, 15) is 9.59 Å². The first-order valence-electron chi connectivity index (χ1n) is 10.5. The maximum atomic E-state index is 13.4. The largest absolute Gasteiger partial charge is 0.383 e. The maximum absolute atomic E-state index is 13.4. The first kappa shape index (κ1) is 23.2. The molecule has 0 saturated carbocycles. The monoisotopic (exact) mass is 480 g/mol. The van der Waals surface area contributed by atoms with E-state index in [1.807, 2.05) is 37.3 Å². The van der Waals surface area contributed by atoms with Gasteiger partial charge in [0, 0.05) is 19.9 Å². The molecule has 1 amide bonds. The van der Waals surface area contributed by atoms with Crippen molar-refractivity contribution in [2.45, 2.75) is 13.3 Å². The van der Waals surface area contributed by atoms with Crippen molar-refractivity contribution >= 4 is 51.7 Å². The van der Waals surface area contributed by atoms with Gasteiger partial charge in [-0.15, -0.1) is 0 Å². The molecule has 1 aliphatic heterocycles. The summed E-state index contributed by atoms with van der Waals surface area (Å²) in [7, 11) is 1.57. The van der Waals surface area contributed by atoms with Crippen molar-refractivity contribution in [1.29, 1.82) is 0 Å². The number of hydrogen-bond donors (Lipinski definition) is 1. The van der Waals surface area contributed by atoms with Gasteiger partial charge in [-0.3, -0.25) is 18.9 Å². The maximum Gasteiger partial charge on any atom is 0.267 e. The predicted octanol–water partition coefficient (Wildman–Crippen LogP) is 3.51. The molecule has 9 heteroatoms. The van der Waals surface area contributed by atoms with Crippen LogP contribution in [0.1, 0.15) is 16.7 Å². The zero-order valence-electron chi connectivity index (χ0n) is 18.4. The second-order valence-electron chi connectivity index (χ2n) is 7.60. The molecule has 170 valence electrons. The molecule has 1 N–H and O–H groups in total. The third kappa shape index (κ3) is 5.16. The van der Waals surface area contributed by atoms with E-state index in [1.165, 1.54) is 26.6 Å². The Morgan fingerprint density at radius 1 is 1.18 bits per heavy atom. The van der Waals surface area contributed by atoms with Crippen LogP contribution in [0.3, 0.4) is 0 Å². The van der Waals surface area contributed by atoms with Crippen LogP contribution in [-0.4, -0.2) is 51.3 Å². The van der Waals surface area contributed by atoms with Gasteiger partial charge in [-0.05, 0) is 36.6 Å². The smallest absolute Gasteiger partial charge is 0.267 e. The fraction of sp³-hybridized carbons (Fsp3) is 0.250. The molecule has 0 aliphatic carbocycles. The van der Waals surface area contributed by atoms with Crippen LogP contribution in [0, 0.1) is 6.92 Å². The van der Waals surface area contributed by atoms with E-state index < -0.39 is 0 Å². The van der Waals surface area contributed by atoms with Crippen molar-refractivity contribution in [2.24, 2.45) is 0 Å². The number of thioether (sulfide) groups is 1. The lowest BCUT2D eigenvalue weighted by Gasteiger charge is -2.13. The first-order valence-corrected chi connectivity index (χ1v) is 11.8. The van der Waals surface area contributed by atoms with Gasteiger partial charge in [0.1, 0.15) is 15.8 Å². The highest BCUT2D eigenvalue weighted by molar-refractivity contribution is 8.26. The van der Waals surface area contributed by atoms with Crippen LogP contribution in [0.25, 0.3) is 11.7 Å². The summed E-state index contributed by atoms with van der Waals surface area (Å²) in [6.07, 6.45) is 4.12. The number of aromatic nitrogens is 2. The predicted molar refractivity (Wildman–Crippen MR) is 137 cm³/mol. The van der Waals surface area contributed by atoms with Crippen molar-refractivity contribution in [1.82, 2.24) is 14.3 Å². The van der Waals surface area contributed by atoms with Gasteiger partial charge in [0.25, 0.3) is 11.5 Å². The number of nitrogens with one attached hydrogen (secondary N) is 1. The Kier molecular flexibility index (Phi) is 7.22. The molecule has 33 heavy (non-hydrogen) atoms. The van der Waals surface area contributed by atoms with Crippen molar-refractivity contribution in [3.8, 4) is 0 Å². The molecule has 2 aromatic heterocycles. The average Bonchev–Trinajstić information content (AvgIpc) is 3.08. The highest BCUT2D eigenvalue weighted by atomic mass is 32.2. The molecule has 1 fully saturated rings. The molecule has 0 spiro atoms. The van der Waals surface area contributed by atoms with E-state index in [1.54, 1.807) is 19.4 Å². The number of nitrogens with zero attached hydrogens (tertiary/aromatic N) is 3. The summed E-state index contributed by atoms with van der Waals surface area (Å²) in [5, 5.41) is 3.30. The molecular weight excluding hydrogens is 456 g/mol. The Balaban J connectivity index is 1.70. The number of methoxy groups -OCH3 is 1. The van der Waals surface area contributed by atoms with Gasteiger partial charge in [0.05, 0.1) is 23.6 Å². The number of hydrogen-bond acceptors (Lipinski definition) is 7. The standard InChI is InChI=1S/C24H24N4O3S2/c1-16-8-9-20-26-21(25-11-10-17-6-4-3-5-7-17)18(22(29)28(20)15-16)14-19-23(30)27(12-13-31-2)24(32)33-19/h3-9,14-15,25H,10-13H2,1-2H3/b19-14+. The highest BCUT2D eigenvalue weighted by Gasteiger charge is 2.32. The van der Waals surface area contributed by atoms with E-state index in [0.717, 1.165) is 12.0 Å². The molecule has 3 heterocycles. The summed E-state index contributed by atoms with van der Waals surface area (Å²) in [6.45, 7) is 3.26. The van der Waals surface area contributed by atoms with Crippen molar-refractivity contribution in [3.05, 3.63) is 80.6 Å². The summed E-state index contributed by atoms with van der Waals surface area (Å²) in [5.74, 6) is 0.216. The number of thiocarbonyl (C=S) groups is 1. The molecule has 0 unspecified atom stereocenters. The number of fused-ring (bicyclic) bond motifs is 1. The van der Waals surface area contributed by atoms with E-state index in [0.29, 0.717) is 46.0 Å². The lowest BCUT2D eigenvalue weighted by Crippen LogP contribution is -2.31. The zero-order chi connectivity index (χ0) is 23.4. The molecule has 1 aliphatic rings. The van der Waals surface area contributed by atoms with E-state index >= 15 is 0 Å².